The molecule has 164 valence electrons. The van der Waals surface area contributed by atoms with Crippen LogP contribution in [0.2, 0.25) is 0 Å². The molecule has 8 heteroatoms. The van der Waals surface area contributed by atoms with Crippen molar-refractivity contribution in [3.63, 3.8) is 0 Å². The van der Waals surface area contributed by atoms with Gasteiger partial charge >= 0.3 is 0 Å². The fourth-order valence-electron chi connectivity index (χ4n) is 4.48. The van der Waals surface area contributed by atoms with Crippen LogP contribution in [-0.4, -0.2) is 74.3 Å². The highest BCUT2D eigenvalue weighted by atomic mass is 32.1. The molecule has 0 spiro atoms. The maximum Gasteiger partial charge on any atom is 0.112 e. The Kier molecular flexibility index (Phi) is 5.54. The van der Waals surface area contributed by atoms with Crippen molar-refractivity contribution in [3.05, 3.63) is 29.8 Å². The second-order valence-corrected chi connectivity index (χ2v) is 10.0. The van der Waals surface area contributed by atoms with Gasteiger partial charge in [0.25, 0.3) is 0 Å². The van der Waals surface area contributed by atoms with Gasteiger partial charge in [-0.25, -0.2) is 9.97 Å². The van der Waals surface area contributed by atoms with Crippen LogP contribution in [-0.2, 0) is 13.5 Å². The molecule has 7 nitrogen and oxygen atoms in total. The molecule has 1 aliphatic heterocycles. The third-order valence-corrected chi connectivity index (χ3v) is 7.55. The van der Waals surface area contributed by atoms with Crippen molar-refractivity contribution < 1.29 is 0 Å². The van der Waals surface area contributed by atoms with Crippen LogP contribution >= 0.6 is 11.3 Å². The molecule has 0 bridgehead atoms. The molecule has 5 heterocycles. The molecule has 5 rings (SSSR count). The number of hydrogen-bond acceptors (Lipinski definition) is 6. The summed E-state index contributed by atoms with van der Waals surface area (Å²) in [4.78, 5) is 16.3. The Bertz CT molecular complexity index is 1180. The number of pyridine rings is 1. The van der Waals surface area contributed by atoms with Gasteiger partial charge in [0.2, 0.25) is 0 Å². The van der Waals surface area contributed by atoms with Crippen LogP contribution in [0.15, 0.2) is 18.3 Å². The quantitative estimate of drug-likeness (QED) is 0.496. The minimum atomic E-state index is 0.329. The molecule has 0 atom stereocenters. The summed E-state index contributed by atoms with van der Waals surface area (Å²) in [5, 5.41) is 7.20. The number of rotatable bonds is 6. The zero-order valence-electron chi connectivity index (χ0n) is 18.9. The Balaban J connectivity index is 1.48. The lowest BCUT2D eigenvalue weighted by molar-refractivity contribution is 0.153. The summed E-state index contributed by atoms with van der Waals surface area (Å²) in [5.41, 5.74) is 5.48. The Morgan fingerprint density at radius 2 is 1.94 bits per heavy atom. The van der Waals surface area contributed by atoms with Crippen molar-refractivity contribution in [2.24, 2.45) is 7.05 Å². The molecule has 0 saturated carbocycles. The van der Waals surface area contributed by atoms with E-state index in [-0.39, 0.29) is 0 Å². The van der Waals surface area contributed by atoms with E-state index in [1.165, 1.54) is 41.3 Å². The molecule has 1 fully saturated rings. The van der Waals surface area contributed by atoms with Gasteiger partial charge in [-0.05, 0) is 38.1 Å². The van der Waals surface area contributed by atoms with E-state index in [2.05, 4.69) is 58.6 Å². The number of nitrogens with zero attached hydrogens (tertiary/aromatic N) is 6. The molecule has 0 aromatic carbocycles. The van der Waals surface area contributed by atoms with Gasteiger partial charge in [0, 0.05) is 45.8 Å². The average Bonchev–Trinajstić information content (AvgIpc) is 3.48. The lowest BCUT2D eigenvalue weighted by atomic mass is 10.1. The summed E-state index contributed by atoms with van der Waals surface area (Å²) >= 11 is 1.77. The van der Waals surface area contributed by atoms with Crippen LogP contribution in [0.1, 0.15) is 37.7 Å². The number of H-pyrrole nitrogens is 1. The van der Waals surface area contributed by atoms with Crippen molar-refractivity contribution in [2.45, 2.75) is 32.6 Å². The highest BCUT2D eigenvalue weighted by molar-refractivity contribution is 7.23. The van der Waals surface area contributed by atoms with Crippen LogP contribution in [0.5, 0.6) is 0 Å². The van der Waals surface area contributed by atoms with Gasteiger partial charge in [-0.3, -0.25) is 5.10 Å². The number of imidazole rings is 1. The molecule has 0 aliphatic carbocycles. The first-order chi connectivity index (χ1) is 15.0. The van der Waals surface area contributed by atoms with Crippen molar-refractivity contribution >= 4 is 32.6 Å². The molecular formula is C23H31N7S. The van der Waals surface area contributed by atoms with Gasteiger partial charge in [-0.2, -0.15) is 5.10 Å². The van der Waals surface area contributed by atoms with Crippen LogP contribution in [0.3, 0.4) is 0 Å². The Morgan fingerprint density at radius 1 is 1.13 bits per heavy atom. The Labute approximate surface area is 187 Å². The van der Waals surface area contributed by atoms with Gasteiger partial charge in [0.1, 0.15) is 11.3 Å². The van der Waals surface area contributed by atoms with Crippen LogP contribution in [0, 0.1) is 0 Å². The molecular weight excluding hydrogens is 406 g/mol. The van der Waals surface area contributed by atoms with Crippen molar-refractivity contribution in [2.75, 3.05) is 39.8 Å². The van der Waals surface area contributed by atoms with Crippen molar-refractivity contribution in [1.82, 2.24) is 34.5 Å². The van der Waals surface area contributed by atoms with Gasteiger partial charge in [-0.15, -0.1) is 11.3 Å². The molecule has 1 saturated heterocycles. The predicted molar refractivity (Wildman–Crippen MR) is 128 cm³/mol. The number of aromatic amines is 1. The number of aromatic nitrogens is 5. The number of aryl methyl sites for hydroxylation is 2. The molecule has 0 unspecified atom stereocenters. The monoisotopic (exact) mass is 437 g/mol. The standard InChI is InChI=1S/C23H31N7S/c1-15(2)20-21-22(23-17(25-20)14-18(31-23)16-7-8-24-27-16)29(4)19(26-21)6-5-9-30-12-10-28(3)11-13-30/h7-8,14-15H,5-6,9-13H2,1-4H3,(H,24,27). The first-order valence-electron chi connectivity index (χ1n) is 11.2. The molecule has 4 aromatic heterocycles. The van der Waals surface area contributed by atoms with E-state index in [0.29, 0.717) is 5.92 Å². The summed E-state index contributed by atoms with van der Waals surface area (Å²) in [6.07, 6.45) is 3.93. The van der Waals surface area contributed by atoms with E-state index in [1.807, 2.05) is 6.07 Å². The van der Waals surface area contributed by atoms with Gasteiger partial charge in [0.15, 0.2) is 0 Å². The summed E-state index contributed by atoms with van der Waals surface area (Å²) in [6.45, 7) is 10.2. The van der Waals surface area contributed by atoms with E-state index in [9.17, 15) is 0 Å². The highest BCUT2D eigenvalue weighted by Crippen LogP contribution is 2.38. The van der Waals surface area contributed by atoms with Crippen LogP contribution in [0.25, 0.3) is 31.8 Å². The van der Waals surface area contributed by atoms with Crippen molar-refractivity contribution in [1.29, 1.82) is 0 Å². The lowest BCUT2D eigenvalue weighted by Crippen LogP contribution is -2.44. The van der Waals surface area contributed by atoms with Crippen LogP contribution in [0.4, 0.5) is 0 Å². The normalized spacial score (nSPS) is 16.3. The van der Waals surface area contributed by atoms with Crippen molar-refractivity contribution in [3.8, 4) is 10.6 Å². The number of likely N-dealkylation sites (N-methyl/N-ethyl adjacent to an activating group) is 1. The fourth-order valence-corrected chi connectivity index (χ4v) is 5.64. The van der Waals surface area contributed by atoms with E-state index in [1.54, 1.807) is 17.5 Å². The molecule has 4 aromatic rings. The van der Waals surface area contributed by atoms with E-state index in [0.717, 1.165) is 47.6 Å². The molecule has 0 amide bonds. The van der Waals surface area contributed by atoms with E-state index >= 15 is 0 Å². The van der Waals surface area contributed by atoms with Gasteiger partial charge in [-0.1, -0.05) is 13.8 Å². The number of fused-ring (bicyclic) bond motifs is 3. The highest BCUT2D eigenvalue weighted by Gasteiger charge is 2.21. The smallest absolute Gasteiger partial charge is 0.112 e. The summed E-state index contributed by atoms with van der Waals surface area (Å²) < 4.78 is 3.52. The fraction of sp³-hybridized carbons (Fsp3) is 0.522. The zero-order chi connectivity index (χ0) is 21.5. The maximum atomic E-state index is 5.11. The SMILES string of the molecule is CC(C)c1nc2cc(-c3ccn[nH]3)sc2c2c1nc(CCCN1CCN(C)CC1)n2C. The van der Waals surface area contributed by atoms with Gasteiger partial charge < -0.3 is 14.4 Å². The number of hydrogen-bond donors (Lipinski definition) is 1. The van der Waals surface area contributed by atoms with E-state index < -0.39 is 0 Å². The predicted octanol–water partition coefficient (Wildman–Crippen LogP) is 3.88. The first kappa shape index (κ1) is 20.6. The Morgan fingerprint density at radius 3 is 2.65 bits per heavy atom. The molecule has 1 aliphatic rings. The van der Waals surface area contributed by atoms with Gasteiger partial charge in [0.05, 0.1) is 32.0 Å². The summed E-state index contributed by atoms with van der Waals surface area (Å²) in [6, 6.07) is 4.19. The van der Waals surface area contributed by atoms with Crippen LogP contribution < -0.4 is 0 Å². The summed E-state index contributed by atoms with van der Waals surface area (Å²) in [5.74, 6) is 1.49. The lowest BCUT2D eigenvalue weighted by Gasteiger charge is -2.32. The first-order valence-corrected chi connectivity index (χ1v) is 12.0. The second kappa shape index (κ2) is 8.33. The topological polar surface area (TPSA) is 65.9 Å². The summed E-state index contributed by atoms with van der Waals surface area (Å²) in [7, 11) is 4.37. The minimum absolute atomic E-state index is 0.329. The molecule has 0 radical (unpaired) electrons. The Hall–Kier alpha value is -2.29. The minimum Gasteiger partial charge on any atom is -0.330 e. The average molecular weight is 438 g/mol. The largest absolute Gasteiger partial charge is 0.330 e. The maximum absolute atomic E-state index is 5.11. The molecule has 31 heavy (non-hydrogen) atoms. The molecule has 1 N–H and O–H groups in total. The zero-order valence-corrected chi connectivity index (χ0v) is 19.7. The number of thiophene rings is 1. The third kappa shape index (κ3) is 3.88. The third-order valence-electron chi connectivity index (χ3n) is 6.38. The van der Waals surface area contributed by atoms with E-state index in [4.69, 9.17) is 9.97 Å². The second-order valence-electron chi connectivity index (χ2n) is 8.98. The number of piperazine rings is 1. The number of nitrogens with one attached hydrogen (secondary N) is 1.